The molecule has 0 spiro atoms. The maximum atomic E-state index is 14.0. The van der Waals surface area contributed by atoms with E-state index in [1.807, 2.05) is 17.0 Å². The Morgan fingerprint density at radius 3 is 2.50 bits per heavy atom. The summed E-state index contributed by atoms with van der Waals surface area (Å²) in [5.74, 6) is 0.592. The van der Waals surface area contributed by atoms with Crippen LogP contribution in [-0.4, -0.2) is 64.3 Å². The second-order valence-electron chi connectivity index (χ2n) is 6.85. The van der Waals surface area contributed by atoms with Gasteiger partial charge in [0.2, 0.25) is 0 Å². The van der Waals surface area contributed by atoms with E-state index in [1.165, 1.54) is 20.3 Å². The maximum absolute atomic E-state index is 14.0. The Bertz CT molecular complexity index is 911. The van der Waals surface area contributed by atoms with Crippen molar-refractivity contribution in [2.45, 2.75) is 6.54 Å². The molecule has 30 heavy (non-hydrogen) atoms. The maximum Gasteiger partial charge on any atom is 0.341 e. The van der Waals surface area contributed by atoms with Crippen LogP contribution in [0.2, 0.25) is 0 Å². The highest BCUT2D eigenvalue weighted by atomic mass is 19.1. The molecule has 0 amide bonds. The number of carbonyl (C=O) groups is 1. The largest absolute Gasteiger partial charge is 0.496 e. The third-order valence-electron chi connectivity index (χ3n) is 5.10. The minimum Gasteiger partial charge on any atom is -0.496 e. The number of para-hydroxylation sites is 1. The number of nitrogens with zero attached hydrogens (tertiary/aromatic N) is 3. The van der Waals surface area contributed by atoms with E-state index in [2.05, 4.69) is 15.2 Å². The van der Waals surface area contributed by atoms with Crippen LogP contribution in [-0.2, 0) is 11.3 Å². The normalized spacial score (nSPS) is 14.5. The molecule has 1 fully saturated rings. The number of rotatable bonds is 5. The molecule has 0 unspecified atom stereocenters. The third-order valence-corrected chi connectivity index (χ3v) is 5.10. The minimum atomic E-state index is -0.442. The van der Waals surface area contributed by atoms with Gasteiger partial charge in [-0.2, -0.15) is 0 Å². The van der Waals surface area contributed by atoms with Gasteiger partial charge in [0.25, 0.3) is 0 Å². The minimum absolute atomic E-state index is 0.200. The molecule has 0 radical (unpaired) electrons. The van der Waals surface area contributed by atoms with Crippen molar-refractivity contribution in [1.29, 1.82) is 0 Å². The second kappa shape index (κ2) is 9.96. The highest BCUT2D eigenvalue weighted by Gasteiger charge is 2.21. The molecule has 3 rings (SSSR count). The van der Waals surface area contributed by atoms with Gasteiger partial charge in [-0.25, -0.2) is 9.18 Å². The average Bonchev–Trinajstić information content (AvgIpc) is 2.79. The molecule has 0 atom stereocenters. The van der Waals surface area contributed by atoms with Gasteiger partial charge in [0.15, 0.2) is 5.96 Å². The van der Waals surface area contributed by atoms with Crippen molar-refractivity contribution < 1.29 is 18.7 Å². The molecule has 0 saturated carbocycles. The summed E-state index contributed by atoms with van der Waals surface area (Å²) in [6, 6.07) is 12.2. The Kier molecular flexibility index (Phi) is 7.11. The number of methoxy groups -OCH3 is 2. The number of piperazine rings is 1. The number of esters is 1. The smallest absolute Gasteiger partial charge is 0.341 e. The number of hydrogen-bond acceptors (Lipinski definition) is 5. The number of guanidine groups is 1. The lowest BCUT2D eigenvalue weighted by Crippen LogP contribution is -2.52. The number of hydrogen-bond donors (Lipinski definition) is 1. The van der Waals surface area contributed by atoms with Gasteiger partial charge >= 0.3 is 5.97 Å². The van der Waals surface area contributed by atoms with Gasteiger partial charge in [-0.05, 0) is 29.8 Å². The number of benzene rings is 2. The molecule has 7 nitrogen and oxygen atoms in total. The SMILES string of the molecule is CN=C(NCc1ccc(OC)c(C(=O)OC)c1)N1CCN(c2ccccc2F)CC1. The molecule has 1 aliphatic heterocycles. The van der Waals surface area contributed by atoms with E-state index < -0.39 is 5.97 Å². The summed E-state index contributed by atoms with van der Waals surface area (Å²) in [4.78, 5) is 20.5. The van der Waals surface area contributed by atoms with E-state index in [0.29, 0.717) is 36.6 Å². The third kappa shape index (κ3) is 4.82. The average molecular weight is 414 g/mol. The molecule has 8 heteroatoms. The number of nitrogens with one attached hydrogen (secondary N) is 1. The van der Waals surface area contributed by atoms with Crippen molar-refractivity contribution in [3.63, 3.8) is 0 Å². The summed E-state index contributed by atoms with van der Waals surface area (Å²) in [5, 5.41) is 3.33. The first-order valence-electron chi connectivity index (χ1n) is 9.77. The van der Waals surface area contributed by atoms with E-state index in [4.69, 9.17) is 9.47 Å². The van der Waals surface area contributed by atoms with Crippen LogP contribution in [0.15, 0.2) is 47.5 Å². The zero-order valence-electron chi connectivity index (χ0n) is 17.5. The predicted octanol–water partition coefficient (Wildman–Crippen LogP) is 2.52. The van der Waals surface area contributed by atoms with Gasteiger partial charge in [-0.15, -0.1) is 0 Å². The monoisotopic (exact) mass is 414 g/mol. The molecule has 2 aromatic rings. The van der Waals surface area contributed by atoms with Gasteiger partial charge in [-0.1, -0.05) is 18.2 Å². The summed E-state index contributed by atoms with van der Waals surface area (Å²) < 4.78 is 24.1. The van der Waals surface area contributed by atoms with Gasteiger partial charge in [0, 0.05) is 39.8 Å². The van der Waals surface area contributed by atoms with Gasteiger partial charge in [0.1, 0.15) is 17.1 Å². The lowest BCUT2D eigenvalue weighted by Gasteiger charge is -2.37. The Balaban J connectivity index is 1.61. The molecule has 0 aromatic heterocycles. The molecule has 1 N–H and O–H groups in total. The fourth-order valence-corrected chi connectivity index (χ4v) is 3.52. The Morgan fingerprint density at radius 2 is 1.87 bits per heavy atom. The molecular formula is C22H27FN4O3. The number of ether oxygens (including phenoxy) is 2. The van der Waals surface area contributed by atoms with Gasteiger partial charge in [0.05, 0.1) is 19.9 Å². The summed E-state index contributed by atoms with van der Waals surface area (Å²) >= 11 is 0. The molecular weight excluding hydrogens is 387 g/mol. The van der Waals surface area contributed by atoms with Crippen LogP contribution in [0.3, 0.4) is 0 Å². The number of halogens is 1. The zero-order chi connectivity index (χ0) is 21.5. The number of aliphatic imine (C=N–C) groups is 1. The van der Waals surface area contributed by atoms with Gasteiger partial charge in [-0.3, -0.25) is 4.99 Å². The standard InChI is InChI=1S/C22H27FN4O3/c1-24-22(25-15-16-8-9-20(29-2)17(14-16)21(28)30-3)27-12-10-26(11-13-27)19-7-5-4-6-18(19)23/h4-9,14H,10-13,15H2,1-3H3,(H,24,25). The van der Waals surface area contributed by atoms with Crippen LogP contribution in [0.25, 0.3) is 0 Å². The lowest BCUT2D eigenvalue weighted by atomic mass is 10.1. The van der Waals surface area contributed by atoms with Crippen molar-refractivity contribution in [2.24, 2.45) is 4.99 Å². The first kappa shape index (κ1) is 21.4. The molecule has 0 aliphatic carbocycles. The van der Waals surface area contributed by atoms with Gasteiger partial charge < -0.3 is 24.6 Å². The summed E-state index contributed by atoms with van der Waals surface area (Å²) in [6.07, 6.45) is 0. The van der Waals surface area contributed by atoms with Crippen LogP contribution < -0.4 is 15.0 Å². The fraction of sp³-hybridized carbons (Fsp3) is 0.364. The van der Waals surface area contributed by atoms with Crippen LogP contribution in [0.5, 0.6) is 5.75 Å². The molecule has 2 aromatic carbocycles. The van der Waals surface area contributed by atoms with Crippen molar-refractivity contribution in [3.8, 4) is 5.75 Å². The first-order valence-corrected chi connectivity index (χ1v) is 9.77. The lowest BCUT2D eigenvalue weighted by molar-refractivity contribution is 0.0597. The number of carbonyl (C=O) groups excluding carboxylic acids is 1. The van der Waals surface area contributed by atoms with Crippen molar-refractivity contribution in [2.75, 3.05) is 52.3 Å². The molecule has 1 aliphatic rings. The summed E-state index contributed by atoms with van der Waals surface area (Å²) in [6.45, 7) is 3.36. The topological polar surface area (TPSA) is 66.4 Å². The fourth-order valence-electron chi connectivity index (χ4n) is 3.52. The second-order valence-corrected chi connectivity index (χ2v) is 6.85. The van der Waals surface area contributed by atoms with E-state index in [1.54, 1.807) is 31.3 Å². The summed E-state index contributed by atoms with van der Waals surface area (Å²) in [7, 11) is 4.59. The molecule has 1 saturated heterocycles. The molecule has 0 bridgehead atoms. The van der Waals surface area contributed by atoms with E-state index >= 15 is 0 Å². The highest BCUT2D eigenvalue weighted by molar-refractivity contribution is 5.92. The van der Waals surface area contributed by atoms with Crippen LogP contribution >= 0.6 is 0 Å². The van der Waals surface area contributed by atoms with Crippen molar-refractivity contribution in [3.05, 3.63) is 59.4 Å². The van der Waals surface area contributed by atoms with Crippen molar-refractivity contribution >= 4 is 17.6 Å². The van der Waals surface area contributed by atoms with E-state index in [0.717, 1.165) is 24.6 Å². The first-order chi connectivity index (χ1) is 14.6. The van der Waals surface area contributed by atoms with Crippen LogP contribution in [0.4, 0.5) is 10.1 Å². The van der Waals surface area contributed by atoms with E-state index in [-0.39, 0.29) is 5.82 Å². The Morgan fingerprint density at radius 1 is 1.13 bits per heavy atom. The van der Waals surface area contributed by atoms with Crippen molar-refractivity contribution in [1.82, 2.24) is 10.2 Å². The quantitative estimate of drug-likeness (QED) is 0.461. The summed E-state index contributed by atoms with van der Waals surface area (Å²) in [5.41, 5.74) is 1.92. The van der Waals surface area contributed by atoms with Crippen LogP contribution in [0, 0.1) is 5.82 Å². The van der Waals surface area contributed by atoms with Crippen LogP contribution in [0.1, 0.15) is 15.9 Å². The highest BCUT2D eigenvalue weighted by Crippen LogP contribution is 2.22. The molecule has 160 valence electrons. The molecule has 1 heterocycles. The number of anilines is 1. The Hall–Kier alpha value is -3.29. The zero-order valence-corrected chi connectivity index (χ0v) is 17.5. The Labute approximate surface area is 176 Å². The predicted molar refractivity (Wildman–Crippen MR) is 115 cm³/mol. The van der Waals surface area contributed by atoms with E-state index in [9.17, 15) is 9.18 Å².